The summed E-state index contributed by atoms with van der Waals surface area (Å²) in [5, 5.41) is 0. The smallest absolute Gasteiger partial charge is 0.317 e. The van der Waals surface area contributed by atoms with Crippen LogP contribution in [0.2, 0.25) is 0 Å². The highest BCUT2D eigenvalue weighted by Crippen LogP contribution is 2.30. The van der Waals surface area contributed by atoms with Crippen molar-refractivity contribution in [3.05, 3.63) is 35.9 Å². The summed E-state index contributed by atoms with van der Waals surface area (Å²) in [5.41, 5.74) is 6.11. The quantitative estimate of drug-likeness (QED) is 0.769. The molecule has 0 saturated heterocycles. The van der Waals surface area contributed by atoms with E-state index in [4.69, 9.17) is 10.5 Å². The number of nitrogens with two attached hydrogens (primary N) is 1. The molecule has 0 aromatic heterocycles. The van der Waals surface area contributed by atoms with Gasteiger partial charge in [-0.1, -0.05) is 43.7 Å². The fourth-order valence-corrected chi connectivity index (χ4v) is 2.12. The first-order valence-electron chi connectivity index (χ1n) is 6.14. The first-order valence-corrected chi connectivity index (χ1v) is 6.14. The summed E-state index contributed by atoms with van der Waals surface area (Å²) in [6.07, 6.45) is 1.61. The van der Waals surface area contributed by atoms with Crippen molar-refractivity contribution >= 4 is 5.97 Å². The fourth-order valence-electron chi connectivity index (χ4n) is 2.12. The van der Waals surface area contributed by atoms with Crippen molar-refractivity contribution in [3.63, 3.8) is 0 Å². The van der Waals surface area contributed by atoms with Gasteiger partial charge in [0, 0.05) is 6.54 Å². The van der Waals surface area contributed by atoms with E-state index in [-0.39, 0.29) is 12.5 Å². The summed E-state index contributed by atoms with van der Waals surface area (Å²) in [4.78, 5) is 12.2. The van der Waals surface area contributed by atoms with Crippen molar-refractivity contribution in [2.75, 3.05) is 13.2 Å². The second-order valence-electron chi connectivity index (χ2n) is 4.12. The molecule has 1 atom stereocenters. The average molecular weight is 235 g/mol. The number of carbonyl (C=O) groups is 1. The number of hydrogen-bond acceptors (Lipinski definition) is 3. The predicted molar refractivity (Wildman–Crippen MR) is 68.7 cm³/mol. The van der Waals surface area contributed by atoms with E-state index in [1.165, 1.54) is 0 Å². The molecule has 0 bridgehead atoms. The molecule has 1 unspecified atom stereocenters. The van der Waals surface area contributed by atoms with Crippen LogP contribution in [0.4, 0.5) is 0 Å². The molecule has 0 radical (unpaired) electrons. The van der Waals surface area contributed by atoms with Gasteiger partial charge in [-0.05, 0) is 18.9 Å². The van der Waals surface area contributed by atoms with Gasteiger partial charge in [-0.2, -0.15) is 0 Å². The monoisotopic (exact) mass is 235 g/mol. The van der Waals surface area contributed by atoms with Crippen molar-refractivity contribution in [1.29, 1.82) is 0 Å². The molecule has 0 aliphatic rings. The Morgan fingerprint density at radius 2 is 1.94 bits per heavy atom. The zero-order chi connectivity index (χ0) is 12.7. The Hall–Kier alpha value is -1.35. The molecule has 0 fully saturated rings. The Morgan fingerprint density at radius 1 is 1.29 bits per heavy atom. The van der Waals surface area contributed by atoms with E-state index >= 15 is 0 Å². The molecular weight excluding hydrogens is 214 g/mol. The zero-order valence-corrected chi connectivity index (χ0v) is 10.6. The van der Waals surface area contributed by atoms with E-state index in [0.29, 0.717) is 13.0 Å². The Bertz CT molecular complexity index is 350. The van der Waals surface area contributed by atoms with Gasteiger partial charge in [0.2, 0.25) is 0 Å². The second-order valence-corrected chi connectivity index (χ2v) is 4.12. The van der Waals surface area contributed by atoms with Gasteiger partial charge < -0.3 is 10.5 Å². The van der Waals surface area contributed by atoms with Gasteiger partial charge in [-0.25, -0.2) is 0 Å². The van der Waals surface area contributed by atoms with Crippen LogP contribution in [0.3, 0.4) is 0 Å². The van der Waals surface area contributed by atoms with Gasteiger partial charge in [0.05, 0.1) is 6.61 Å². The average Bonchev–Trinajstić information content (AvgIpc) is 2.37. The standard InChI is InChI=1S/C14H21NO2/c1-3-10-14(11-15,13(16)17-4-2)12-8-6-5-7-9-12/h5-9H,3-4,10-11,15H2,1-2H3. The first kappa shape index (κ1) is 13.7. The lowest BCUT2D eigenvalue weighted by molar-refractivity contribution is -0.150. The van der Waals surface area contributed by atoms with Crippen molar-refractivity contribution < 1.29 is 9.53 Å². The first-order chi connectivity index (χ1) is 8.21. The molecule has 0 aliphatic heterocycles. The maximum absolute atomic E-state index is 12.2. The van der Waals surface area contributed by atoms with Gasteiger partial charge >= 0.3 is 5.97 Å². The van der Waals surface area contributed by atoms with Crippen LogP contribution in [0.25, 0.3) is 0 Å². The Kier molecular flexibility index (Phi) is 5.16. The molecule has 0 spiro atoms. The molecule has 0 aliphatic carbocycles. The summed E-state index contributed by atoms with van der Waals surface area (Å²) in [7, 11) is 0. The lowest BCUT2D eigenvalue weighted by Crippen LogP contribution is -2.44. The van der Waals surface area contributed by atoms with Gasteiger partial charge in [-0.15, -0.1) is 0 Å². The molecule has 0 saturated carbocycles. The SMILES string of the molecule is CCCC(CN)(C(=O)OCC)c1ccccc1. The van der Waals surface area contributed by atoms with E-state index in [2.05, 4.69) is 0 Å². The highest BCUT2D eigenvalue weighted by molar-refractivity contribution is 5.83. The van der Waals surface area contributed by atoms with Crippen LogP contribution in [0, 0.1) is 0 Å². The van der Waals surface area contributed by atoms with Gasteiger partial charge in [-0.3, -0.25) is 4.79 Å². The lowest BCUT2D eigenvalue weighted by Gasteiger charge is -2.30. The van der Waals surface area contributed by atoms with Crippen molar-refractivity contribution in [2.24, 2.45) is 5.73 Å². The maximum Gasteiger partial charge on any atom is 0.317 e. The molecule has 2 N–H and O–H groups in total. The number of esters is 1. The zero-order valence-electron chi connectivity index (χ0n) is 10.6. The van der Waals surface area contributed by atoms with E-state index in [0.717, 1.165) is 12.0 Å². The predicted octanol–water partition coefficient (Wildman–Crippen LogP) is 2.25. The van der Waals surface area contributed by atoms with Crippen molar-refractivity contribution in [2.45, 2.75) is 32.1 Å². The maximum atomic E-state index is 12.2. The fraction of sp³-hybridized carbons (Fsp3) is 0.500. The highest BCUT2D eigenvalue weighted by Gasteiger charge is 2.39. The summed E-state index contributed by atoms with van der Waals surface area (Å²) < 4.78 is 5.19. The van der Waals surface area contributed by atoms with E-state index < -0.39 is 5.41 Å². The van der Waals surface area contributed by atoms with Crippen LogP contribution in [0.15, 0.2) is 30.3 Å². The van der Waals surface area contributed by atoms with Crippen LogP contribution in [0.1, 0.15) is 32.3 Å². The highest BCUT2D eigenvalue weighted by atomic mass is 16.5. The second kappa shape index (κ2) is 6.40. The van der Waals surface area contributed by atoms with Gasteiger partial charge in [0.15, 0.2) is 0 Å². The van der Waals surface area contributed by atoms with Crippen molar-refractivity contribution in [1.82, 2.24) is 0 Å². The molecule has 0 amide bonds. The third-order valence-corrected chi connectivity index (χ3v) is 3.02. The van der Waals surface area contributed by atoms with Crippen LogP contribution >= 0.6 is 0 Å². The number of rotatable bonds is 6. The lowest BCUT2D eigenvalue weighted by atomic mass is 9.77. The summed E-state index contributed by atoms with van der Waals surface area (Å²) in [5.74, 6) is -0.212. The summed E-state index contributed by atoms with van der Waals surface area (Å²) >= 11 is 0. The third kappa shape index (κ3) is 2.86. The van der Waals surface area contributed by atoms with Gasteiger partial charge in [0.25, 0.3) is 0 Å². The Morgan fingerprint density at radius 3 is 2.41 bits per heavy atom. The number of benzene rings is 1. The normalized spacial score (nSPS) is 14.1. The molecule has 0 heterocycles. The number of hydrogen-bond donors (Lipinski definition) is 1. The molecule has 3 heteroatoms. The third-order valence-electron chi connectivity index (χ3n) is 3.02. The topological polar surface area (TPSA) is 52.3 Å². The minimum absolute atomic E-state index is 0.212. The number of ether oxygens (including phenoxy) is 1. The van der Waals surface area contributed by atoms with Crippen molar-refractivity contribution in [3.8, 4) is 0 Å². The van der Waals surface area contributed by atoms with Crippen LogP contribution in [0.5, 0.6) is 0 Å². The molecule has 3 nitrogen and oxygen atoms in total. The van der Waals surface area contributed by atoms with E-state index in [1.807, 2.05) is 44.2 Å². The molecule has 94 valence electrons. The molecule has 1 aromatic rings. The van der Waals surface area contributed by atoms with Crippen LogP contribution in [-0.4, -0.2) is 19.1 Å². The molecule has 1 aromatic carbocycles. The number of carbonyl (C=O) groups excluding carboxylic acids is 1. The minimum atomic E-state index is -0.688. The van der Waals surface area contributed by atoms with Crippen LogP contribution in [-0.2, 0) is 14.9 Å². The van der Waals surface area contributed by atoms with Gasteiger partial charge in [0.1, 0.15) is 5.41 Å². The molecule has 17 heavy (non-hydrogen) atoms. The largest absolute Gasteiger partial charge is 0.465 e. The van der Waals surface area contributed by atoms with E-state index in [9.17, 15) is 4.79 Å². The Labute approximate surface area is 103 Å². The van der Waals surface area contributed by atoms with Crippen LogP contribution < -0.4 is 5.73 Å². The molecular formula is C14H21NO2. The summed E-state index contributed by atoms with van der Waals surface area (Å²) in [6, 6.07) is 9.67. The summed E-state index contributed by atoms with van der Waals surface area (Å²) in [6.45, 7) is 4.53. The molecule has 1 rings (SSSR count). The van der Waals surface area contributed by atoms with E-state index in [1.54, 1.807) is 0 Å². The minimum Gasteiger partial charge on any atom is -0.465 e. The Balaban J connectivity index is 3.12.